The molecular formula is C36H58O7S. The van der Waals surface area contributed by atoms with Gasteiger partial charge in [0.25, 0.3) is 10.1 Å². The van der Waals surface area contributed by atoms with E-state index < -0.39 is 27.0 Å². The summed E-state index contributed by atoms with van der Waals surface area (Å²) in [6.45, 7) is 4.75. The molecule has 8 heteroatoms. The molecule has 0 bridgehead atoms. The standard InChI is InChI=1S/C36H58O7S/c1-3-5-7-9-11-13-15-17-19-21-23-25-29-42-35(37)33-28-27-32(44(39,40)41)31-34(33)36(38)43-30-26-24-22-20-18-16-14-12-10-8-6-4-2/h7-10,27-28,31H,3-6,11-26,29-30H2,1-2H3,(H,39,40,41)/b9-7+,10-8+. The van der Waals surface area contributed by atoms with Crippen molar-refractivity contribution >= 4 is 22.1 Å². The third-order valence-electron chi connectivity index (χ3n) is 7.47. The number of ether oxygens (including phenoxy) is 2. The van der Waals surface area contributed by atoms with E-state index in [0.29, 0.717) is 12.8 Å². The van der Waals surface area contributed by atoms with Crippen molar-refractivity contribution in [2.24, 2.45) is 0 Å². The summed E-state index contributed by atoms with van der Waals surface area (Å²) in [6, 6.07) is 3.26. The average molecular weight is 635 g/mol. The summed E-state index contributed by atoms with van der Waals surface area (Å²) in [7, 11) is -4.56. The molecule has 1 aromatic carbocycles. The van der Waals surface area contributed by atoms with Crippen molar-refractivity contribution in [3.05, 3.63) is 53.6 Å². The highest BCUT2D eigenvalue weighted by atomic mass is 32.2. The SMILES string of the molecule is CCC/C=C/CCCCCCCCCOC(=O)c1ccc(S(=O)(=O)O)cc1C(=O)OCCCCCCCCC/C=C/CCC. The second-order valence-corrected chi connectivity index (χ2v) is 12.9. The van der Waals surface area contributed by atoms with E-state index in [0.717, 1.165) is 76.3 Å². The third kappa shape index (κ3) is 19.8. The van der Waals surface area contributed by atoms with Gasteiger partial charge in [0.2, 0.25) is 0 Å². The van der Waals surface area contributed by atoms with Gasteiger partial charge in [-0.3, -0.25) is 4.55 Å². The van der Waals surface area contributed by atoms with Gasteiger partial charge in [-0.15, -0.1) is 0 Å². The summed E-state index contributed by atoms with van der Waals surface area (Å²) >= 11 is 0. The van der Waals surface area contributed by atoms with Gasteiger partial charge in [0.05, 0.1) is 29.2 Å². The number of esters is 2. The van der Waals surface area contributed by atoms with Crippen molar-refractivity contribution in [3.63, 3.8) is 0 Å². The third-order valence-corrected chi connectivity index (χ3v) is 8.32. The number of allylic oxidation sites excluding steroid dienone is 4. The average Bonchev–Trinajstić information content (AvgIpc) is 3.00. The fraction of sp³-hybridized carbons (Fsp3) is 0.667. The van der Waals surface area contributed by atoms with Gasteiger partial charge in [-0.25, -0.2) is 9.59 Å². The number of carbonyl (C=O) groups is 2. The number of carbonyl (C=O) groups excluding carboxylic acids is 2. The lowest BCUT2D eigenvalue weighted by molar-refractivity contribution is 0.0450. The number of benzene rings is 1. The minimum absolute atomic E-state index is 0.0695. The Labute approximate surface area is 267 Å². The van der Waals surface area contributed by atoms with E-state index >= 15 is 0 Å². The summed E-state index contributed by atoms with van der Waals surface area (Å²) in [5, 5.41) is 0. The maximum Gasteiger partial charge on any atom is 0.339 e. The van der Waals surface area contributed by atoms with Crippen LogP contribution in [0.3, 0.4) is 0 Å². The molecule has 0 aliphatic carbocycles. The highest BCUT2D eigenvalue weighted by Gasteiger charge is 2.23. The van der Waals surface area contributed by atoms with Gasteiger partial charge >= 0.3 is 11.9 Å². The molecule has 0 atom stereocenters. The van der Waals surface area contributed by atoms with E-state index in [2.05, 4.69) is 38.2 Å². The van der Waals surface area contributed by atoms with Crippen LogP contribution in [-0.2, 0) is 19.6 Å². The van der Waals surface area contributed by atoms with Gasteiger partial charge in [0, 0.05) is 0 Å². The predicted octanol–water partition coefficient (Wildman–Crippen LogP) is 10.2. The molecule has 0 aliphatic heterocycles. The summed E-state index contributed by atoms with van der Waals surface area (Å²) in [5.41, 5.74) is -0.289. The molecular weight excluding hydrogens is 576 g/mol. The first-order valence-electron chi connectivity index (χ1n) is 17.1. The number of hydrogen-bond donors (Lipinski definition) is 1. The van der Waals surface area contributed by atoms with Crippen LogP contribution < -0.4 is 0 Å². The quantitative estimate of drug-likeness (QED) is 0.0444. The molecule has 1 aromatic rings. The molecule has 0 heterocycles. The van der Waals surface area contributed by atoms with Crippen molar-refractivity contribution in [2.45, 2.75) is 147 Å². The molecule has 0 fully saturated rings. The fourth-order valence-corrected chi connectivity index (χ4v) is 5.32. The Morgan fingerprint density at radius 1 is 0.591 bits per heavy atom. The molecule has 0 aliphatic rings. The number of unbranched alkanes of at least 4 members (excludes halogenated alkanes) is 16. The predicted molar refractivity (Wildman–Crippen MR) is 179 cm³/mol. The molecule has 0 saturated carbocycles. The van der Waals surface area contributed by atoms with Crippen molar-refractivity contribution in [3.8, 4) is 0 Å². The maximum absolute atomic E-state index is 12.8. The van der Waals surface area contributed by atoms with E-state index in [9.17, 15) is 22.6 Å². The normalized spacial score (nSPS) is 11.9. The summed E-state index contributed by atoms with van der Waals surface area (Å²) < 4.78 is 43.5. The summed E-state index contributed by atoms with van der Waals surface area (Å²) in [5.74, 6) is -1.52. The van der Waals surface area contributed by atoms with E-state index in [1.54, 1.807) is 0 Å². The lowest BCUT2D eigenvalue weighted by atomic mass is 10.1. The first-order valence-corrected chi connectivity index (χ1v) is 18.5. The maximum atomic E-state index is 12.8. The van der Waals surface area contributed by atoms with Gasteiger partial charge in [0.15, 0.2) is 0 Å². The van der Waals surface area contributed by atoms with Gasteiger partial charge in [0.1, 0.15) is 0 Å². The lowest BCUT2D eigenvalue weighted by Gasteiger charge is -2.11. The molecule has 0 amide bonds. The minimum atomic E-state index is -4.56. The fourth-order valence-electron chi connectivity index (χ4n) is 4.82. The molecule has 0 spiro atoms. The zero-order valence-corrected chi connectivity index (χ0v) is 28.2. The van der Waals surface area contributed by atoms with Crippen LogP contribution in [0.5, 0.6) is 0 Å². The molecule has 0 radical (unpaired) electrons. The second-order valence-electron chi connectivity index (χ2n) is 11.5. The first-order chi connectivity index (χ1) is 21.3. The monoisotopic (exact) mass is 634 g/mol. The van der Waals surface area contributed by atoms with Crippen LogP contribution in [0.15, 0.2) is 47.4 Å². The summed E-state index contributed by atoms with van der Waals surface area (Å²) in [4.78, 5) is 25.1. The van der Waals surface area contributed by atoms with Crippen LogP contribution in [0.2, 0.25) is 0 Å². The zero-order valence-electron chi connectivity index (χ0n) is 27.4. The van der Waals surface area contributed by atoms with Gasteiger partial charge < -0.3 is 9.47 Å². The molecule has 44 heavy (non-hydrogen) atoms. The lowest BCUT2D eigenvalue weighted by Crippen LogP contribution is -2.16. The van der Waals surface area contributed by atoms with Gasteiger partial charge in [-0.05, 0) is 69.6 Å². The van der Waals surface area contributed by atoms with Crippen molar-refractivity contribution in [2.75, 3.05) is 13.2 Å². The smallest absolute Gasteiger partial charge is 0.339 e. The van der Waals surface area contributed by atoms with Gasteiger partial charge in [-0.1, -0.05) is 115 Å². The number of hydrogen-bond acceptors (Lipinski definition) is 6. The van der Waals surface area contributed by atoms with Crippen molar-refractivity contribution in [1.82, 2.24) is 0 Å². The molecule has 7 nitrogen and oxygen atoms in total. The van der Waals surface area contributed by atoms with E-state index in [1.807, 2.05) is 0 Å². The molecule has 0 saturated heterocycles. The first kappa shape index (κ1) is 39.6. The Bertz CT molecular complexity index is 1080. The Morgan fingerprint density at radius 3 is 1.41 bits per heavy atom. The Morgan fingerprint density at radius 2 is 0.977 bits per heavy atom. The van der Waals surface area contributed by atoms with Gasteiger partial charge in [-0.2, -0.15) is 8.42 Å². The molecule has 1 rings (SSSR count). The van der Waals surface area contributed by atoms with Crippen LogP contribution >= 0.6 is 0 Å². The highest BCUT2D eigenvalue weighted by Crippen LogP contribution is 2.19. The topological polar surface area (TPSA) is 107 Å². The van der Waals surface area contributed by atoms with Crippen LogP contribution in [0.4, 0.5) is 0 Å². The van der Waals surface area contributed by atoms with Crippen LogP contribution in [0.1, 0.15) is 163 Å². The van der Waals surface area contributed by atoms with E-state index in [4.69, 9.17) is 9.47 Å². The molecule has 1 N–H and O–H groups in total. The van der Waals surface area contributed by atoms with Crippen LogP contribution in [-0.4, -0.2) is 38.1 Å². The molecule has 0 aromatic heterocycles. The van der Waals surface area contributed by atoms with E-state index in [-0.39, 0.29) is 24.3 Å². The minimum Gasteiger partial charge on any atom is -0.462 e. The van der Waals surface area contributed by atoms with Crippen molar-refractivity contribution < 1.29 is 32.0 Å². The van der Waals surface area contributed by atoms with Crippen molar-refractivity contribution in [1.29, 1.82) is 0 Å². The Kier molecular flexibility index (Phi) is 23.2. The largest absolute Gasteiger partial charge is 0.462 e. The highest BCUT2D eigenvalue weighted by molar-refractivity contribution is 7.85. The zero-order chi connectivity index (χ0) is 32.3. The molecule has 0 unspecified atom stereocenters. The summed E-state index contributed by atoms with van der Waals surface area (Å²) in [6.07, 6.45) is 31.0. The second kappa shape index (κ2) is 25.8. The van der Waals surface area contributed by atoms with Crippen LogP contribution in [0, 0.1) is 0 Å². The number of rotatable bonds is 27. The Hall–Kier alpha value is -2.45. The van der Waals surface area contributed by atoms with Crippen LogP contribution in [0.25, 0.3) is 0 Å². The van der Waals surface area contributed by atoms with E-state index in [1.165, 1.54) is 57.4 Å². The Balaban J connectivity index is 2.38. The molecule has 250 valence electrons.